The van der Waals surface area contributed by atoms with Gasteiger partial charge in [0.25, 0.3) is 5.69 Å². The van der Waals surface area contributed by atoms with Crippen molar-refractivity contribution in [2.75, 3.05) is 6.54 Å². The number of nitro benzene ring substituents is 1. The van der Waals surface area contributed by atoms with Gasteiger partial charge >= 0.3 is 0 Å². The van der Waals surface area contributed by atoms with Crippen molar-refractivity contribution in [2.45, 2.75) is 38.6 Å². The lowest BCUT2D eigenvalue weighted by Gasteiger charge is -2.17. The van der Waals surface area contributed by atoms with Gasteiger partial charge in [0.2, 0.25) is 5.91 Å². The lowest BCUT2D eigenvalue weighted by atomic mass is 9.88. The standard InChI is InChI=1S/C28H28FN3O3/c1-2-3-15-30-28(33)17-24(21-9-11-22(29)12-10-21)26-19-31(18-20-7-5-4-6-8-20)27-14-13-23(32(34)35)16-25(26)27/h4-14,16,19,24H,2-3,15,17-18H2,1H3,(H,30,33)/t24-/m0/s1. The molecule has 7 heteroatoms. The molecule has 0 saturated heterocycles. The van der Waals surface area contributed by atoms with E-state index in [0.29, 0.717) is 18.5 Å². The summed E-state index contributed by atoms with van der Waals surface area (Å²) in [6.45, 7) is 3.22. The first-order valence-electron chi connectivity index (χ1n) is 11.8. The topological polar surface area (TPSA) is 77.2 Å². The number of hydrogen-bond donors (Lipinski definition) is 1. The molecule has 6 nitrogen and oxygen atoms in total. The average molecular weight is 474 g/mol. The number of carbonyl (C=O) groups excluding carboxylic acids is 1. The molecule has 1 N–H and O–H groups in total. The third-order valence-electron chi connectivity index (χ3n) is 6.19. The Kier molecular flexibility index (Phi) is 7.55. The molecule has 0 fully saturated rings. The Morgan fingerprint density at radius 1 is 1.09 bits per heavy atom. The summed E-state index contributed by atoms with van der Waals surface area (Å²) in [6, 6.07) is 20.9. The predicted octanol–water partition coefficient (Wildman–Crippen LogP) is 6.18. The van der Waals surface area contributed by atoms with E-state index in [-0.39, 0.29) is 23.8 Å². The summed E-state index contributed by atoms with van der Waals surface area (Å²) in [5.41, 5.74) is 3.50. The minimum atomic E-state index is -0.415. The van der Waals surface area contributed by atoms with Gasteiger partial charge in [-0.3, -0.25) is 14.9 Å². The first-order valence-corrected chi connectivity index (χ1v) is 11.8. The minimum absolute atomic E-state index is 0.0125. The molecule has 4 rings (SSSR count). The molecule has 0 radical (unpaired) electrons. The van der Waals surface area contributed by atoms with Gasteiger partial charge in [0, 0.05) is 54.7 Å². The number of rotatable bonds is 10. The molecule has 1 atom stereocenters. The van der Waals surface area contributed by atoms with E-state index >= 15 is 0 Å². The molecule has 4 aromatic rings. The van der Waals surface area contributed by atoms with E-state index in [2.05, 4.69) is 16.8 Å². The van der Waals surface area contributed by atoms with Crippen LogP contribution in [0.3, 0.4) is 0 Å². The van der Waals surface area contributed by atoms with Crippen LogP contribution in [0.5, 0.6) is 0 Å². The number of carbonyl (C=O) groups is 1. The Morgan fingerprint density at radius 3 is 2.51 bits per heavy atom. The SMILES string of the molecule is CCCCNC(=O)C[C@@H](c1ccc(F)cc1)c1cn(Cc2ccccc2)c2ccc([N+](=O)[O-])cc12. The molecular formula is C28H28FN3O3. The molecule has 0 unspecified atom stereocenters. The van der Waals surface area contributed by atoms with Crippen LogP contribution in [0.25, 0.3) is 10.9 Å². The number of unbranched alkanes of at least 4 members (excludes halogenated alkanes) is 1. The van der Waals surface area contributed by atoms with Crippen molar-refractivity contribution in [3.05, 3.63) is 112 Å². The Hall–Kier alpha value is -4.00. The molecule has 1 aromatic heterocycles. The maximum Gasteiger partial charge on any atom is 0.270 e. The third-order valence-corrected chi connectivity index (χ3v) is 6.19. The smallest absolute Gasteiger partial charge is 0.270 e. The number of nitrogens with one attached hydrogen (secondary N) is 1. The van der Waals surface area contributed by atoms with Gasteiger partial charge in [0.05, 0.1) is 4.92 Å². The van der Waals surface area contributed by atoms with Crippen LogP contribution in [-0.2, 0) is 11.3 Å². The summed E-state index contributed by atoms with van der Waals surface area (Å²) >= 11 is 0. The van der Waals surface area contributed by atoms with E-state index in [4.69, 9.17) is 0 Å². The summed E-state index contributed by atoms with van der Waals surface area (Å²) in [6.07, 6.45) is 3.98. The molecule has 0 spiro atoms. The van der Waals surface area contributed by atoms with Crippen molar-refractivity contribution in [2.24, 2.45) is 0 Å². The normalized spacial score (nSPS) is 11.9. The number of nitro groups is 1. The zero-order chi connectivity index (χ0) is 24.8. The van der Waals surface area contributed by atoms with E-state index < -0.39 is 10.8 Å². The van der Waals surface area contributed by atoms with Crippen molar-refractivity contribution in [1.29, 1.82) is 0 Å². The molecule has 1 amide bonds. The van der Waals surface area contributed by atoms with Crippen molar-refractivity contribution >= 4 is 22.5 Å². The maximum atomic E-state index is 13.7. The number of fused-ring (bicyclic) bond motifs is 1. The zero-order valence-corrected chi connectivity index (χ0v) is 19.6. The molecule has 0 bridgehead atoms. The summed E-state index contributed by atoms with van der Waals surface area (Å²) in [5.74, 6) is -0.858. The van der Waals surface area contributed by atoms with E-state index in [1.807, 2.05) is 36.5 Å². The number of hydrogen-bond acceptors (Lipinski definition) is 3. The Labute approximate surface area is 203 Å². The van der Waals surface area contributed by atoms with E-state index in [1.165, 1.54) is 18.2 Å². The predicted molar refractivity (Wildman–Crippen MR) is 135 cm³/mol. The number of aromatic nitrogens is 1. The van der Waals surface area contributed by atoms with Crippen LogP contribution in [-0.4, -0.2) is 21.9 Å². The summed E-state index contributed by atoms with van der Waals surface area (Å²) in [7, 11) is 0. The molecular weight excluding hydrogens is 445 g/mol. The fourth-order valence-electron chi connectivity index (χ4n) is 4.38. The molecule has 1 heterocycles. The van der Waals surface area contributed by atoms with Gasteiger partial charge < -0.3 is 9.88 Å². The first-order chi connectivity index (χ1) is 17.0. The van der Waals surface area contributed by atoms with Gasteiger partial charge in [-0.05, 0) is 41.3 Å². The summed E-state index contributed by atoms with van der Waals surface area (Å²) in [4.78, 5) is 24.0. The lowest BCUT2D eigenvalue weighted by Crippen LogP contribution is -2.26. The van der Waals surface area contributed by atoms with Crippen molar-refractivity contribution in [1.82, 2.24) is 9.88 Å². The van der Waals surface area contributed by atoms with Crippen molar-refractivity contribution in [3.8, 4) is 0 Å². The number of amides is 1. The number of halogens is 1. The van der Waals surface area contributed by atoms with E-state index in [0.717, 1.165) is 35.0 Å². The van der Waals surface area contributed by atoms with E-state index in [1.54, 1.807) is 24.3 Å². The highest BCUT2D eigenvalue weighted by Crippen LogP contribution is 2.36. The monoisotopic (exact) mass is 473 g/mol. The fraction of sp³-hybridized carbons (Fsp3) is 0.250. The largest absolute Gasteiger partial charge is 0.356 e. The maximum absolute atomic E-state index is 13.7. The minimum Gasteiger partial charge on any atom is -0.356 e. The second-order valence-electron chi connectivity index (χ2n) is 8.67. The van der Waals surface area contributed by atoms with Gasteiger partial charge in [-0.15, -0.1) is 0 Å². The van der Waals surface area contributed by atoms with Crippen molar-refractivity contribution < 1.29 is 14.1 Å². The molecule has 0 aliphatic rings. The van der Waals surface area contributed by atoms with E-state index in [9.17, 15) is 19.3 Å². The number of benzene rings is 3. The highest BCUT2D eigenvalue weighted by molar-refractivity contribution is 5.88. The Bertz CT molecular complexity index is 1320. The van der Waals surface area contributed by atoms with Crippen LogP contribution in [0, 0.1) is 15.9 Å². The molecule has 35 heavy (non-hydrogen) atoms. The van der Waals surface area contributed by atoms with Gasteiger partial charge in [0.1, 0.15) is 5.82 Å². The van der Waals surface area contributed by atoms with Gasteiger partial charge in [-0.25, -0.2) is 4.39 Å². The quantitative estimate of drug-likeness (QED) is 0.170. The van der Waals surface area contributed by atoms with Gasteiger partial charge in [-0.1, -0.05) is 55.8 Å². The molecule has 0 saturated carbocycles. The van der Waals surface area contributed by atoms with Crippen molar-refractivity contribution in [3.63, 3.8) is 0 Å². The van der Waals surface area contributed by atoms with Gasteiger partial charge in [-0.2, -0.15) is 0 Å². The fourth-order valence-corrected chi connectivity index (χ4v) is 4.38. The summed E-state index contributed by atoms with van der Waals surface area (Å²) < 4.78 is 15.8. The average Bonchev–Trinajstić information content (AvgIpc) is 3.21. The Morgan fingerprint density at radius 2 is 1.83 bits per heavy atom. The van der Waals surface area contributed by atoms with Crippen LogP contribution in [0.1, 0.15) is 48.8 Å². The number of non-ortho nitro benzene ring substituents is 1. The Balaban J connectivity index is 1.82. The zero-order valence-electron chi connectivity index (χ0n) is 19.6. The molecule has 3 aromatic carbocycles. The highest BCUT2D eigenvalue weighted by Gasteiger charge is 2.24. The molecule has 0 aliphatic carbocycles. The van der Waals surface area contributed by atoms with Crippen LogP contribution in [0.4, 0.5) is 10.1 Å². The first kappa shape index (κ1) is 24.1. The van der Waals surface area contributed by atoms with Crippen LogP contribution in [0.15, 0.2) is 79.0 Å². The second kappa shape index (κ2) is 11.0. The summed E-state index contributed by atoms with van der Waals surface area (Å²) in [5, 5.41) is 15.2. The molecule has 180 valence electrons. The van der Waals surface area contributed by atoms with Gasteiger partial charge in [0.15, 0.2) is 0 Å². The highest BCUT2D eigenvalue weighted by atomic mass is 19.1. The third kappa shape index (κ3) is 5.74. The molecule has 0 aliphatic heterocycles. The number of nitrogens with zero attached hydrogens (tertiary/aromatic N) is 2. The van der Waals surface area contributed by atoms with Crippen LogP contribution >= 0.6 is 0 Å². The van der Waals surface area contributed by atoms with Crippen LogP contribution in [0.2, 0.25) is 0 Å². The lowest BCUT2D eigenvalue weighted by molar-refractivity contribution is -0.384. The second-order valence-corrected chi connectivity index (χ2v) is 8.67. The van der Waals surface area contributed by atoms with Crippen LogP contribution < -0.4 is 5.32 Å².